The minimum atomic E-state index is -1.03. The van der Waals surface area contributed by atoms with E-state index in [4.69, 9.17) is 15.2 Å². The fraction of sp³-hybridized carbons (Fsp3) is 0.433. The quantitative estimate of drug-likeness (QED) is 0.256. The summed E-state index contributed by atoms with van der Waals surface area (Å²) in [4.78, 5) is 27.4. The Kier molecular flexibility index (Phi) is 8.76. The predicted octanol–water partition coefficient (Wildman–Crippen LogP) is 4.78. The van der Waals surface area contributed by atoms with E-state index in [0.29, 0.717) is 28.4 Å². The van der Waals surface area contributed by atoms with Gasteiger partial charge in [0, 0.05) is 43.9 Å². The topological polar surface area (TPSA) is 109 Å². The number of aromatic nitrogens is 2. The van der Waals surface area contributed by atoms with Crippen LogP contribution in [-0.4, -0.2) is 74.4 Å². The minimum absolute atomic E-state index is 0.0794. The number of esters is 1. The smallest absolute Gasteiger partial charge is 0.343 e. The molecule has 226 valence electrons. The van der Waals surface area contributed by atoms with Gasteiger partial charge in [0.2, 0.25) is 0 Å². The molecule has 3 aromatic rings. The number of nitrogens with one attached hydrogen (secondary N) is 1. The number of hydrogen-bond acceptors (Lipinski definition) is 10. The molecule has 0 radical (unpaired) electrons. The van der Waals surface area contributed by atoms with Gasteiger partial charge in [0.1, 0.15) is 23.8 Å². The number of benzene rings is 2. The van der Waals surface area contributed by atoms with Crippen LogP contribution in [0.25, 0.3) is 0 Å². The molecule has 1 aliphatic heterocycles. The Morgan fingerprint density at radius 1 is 1.14 bits per heavy atom. The Morgan fingerprint density at radius 2 is 1.83 bits per heavy atom. The number of carbonyl (C=O) groups excluding carboxylic acids is 1. The molecule has 0 bridgehead atoms. The van der Waals surface area contributed by atoms with E-state index >= 15 is 0 Å². The normalized spacial score (nSPS) is 15.6. The molecular weight excluding hydrogens is 544 g/mol. The number of carbonyl (C=O) groups is 1. The highest BCUT2D eigenvalue weighted by atomic mass is 19.2. The fourth-order valence-corrected chi connectivity index (χ4v) is 5.09. The van der Waals surface area contributed by atoms with Crippen LogP contribution in [0.2, 0.25) is 0 Å². The van der Waals surface area contributed by atoms with Crippen LogP contribution in [0.4, 0.5) is 37.3 Å². The van der Waals surface area contributed by atoms with Gasteiger partial charge >= 0.3 is 5.97 Å². The van der Waals surface area contributed by atoms with Crippen molar-refractivity contribution in [3.05, 3.63) is 59.6 Å². The van der Waals surface area contributed by atoms with Crippen molar-refractivity contribution in [1.82, 2.24) is 14.9 Å². The van der Waals surface area contributed by atoms with E-state index < -0.39 is 35.3 Å². The zero-order chi connectivity index (χ0) is 30.9. The maximum atomic E-state index is 14.7. The lowest BCUT2D eigenvalue weighted by Gasteiger charge is -2.36. The molecular formula is C30H39F2N7O3. The highest BCUT2D eigenvalue weighted by molar-refractivity contribution is 5.96. The van der Waals surface area contributed by atoms with Gasteiger partial charge in [-0.3, -0.25) is 0 Å². The molecule has 2 heterocycles. The number of hydrogen-bond donors (Lipinski definition) is 2. The van der Waals surface area contributed by atoms with Crippen LogP contribution in [0, 0.1) is 11.6 Å². The first-order valence-electron chi connectivity index (χ1n) is 13.7. The number of anilines is 5. The van der Waals surface area contributed by atoms with Gasteiger partial charge in [-0.2, -0.15) is 0 Å². The second-order valence-electron chi connectivity index (χ2n) is 11.5. The standard InChI is InChI=1S/C30H39F2N7O3/c1-17(2)42-28(40)18-15-34-16-35-27(18)39-24-12-21(32)20(31)11-19(24)30(3,4)29(39)36-23-13-22(33)25(14-26(23)41-8)38(7)10-9-37(5)6/h11-17,29,36H,9-10,33H2,1-8H3. The van der Waals surface area contributed by atoms with E-state index in [1.165, 1.54) is 18.6 Å². The van der Waals surface area contributed by atoms with E-state index in [9.17, 15) is 13.6 Å². The van der Waals surface area contributed by atoms with Crippen molar-refractivity contribution in [3.63, 3.8) is 0 Å². The Morgan fingerprint density at radius 3 is 2.48 bits per heavy atom. The van der Waals surface area contributed by atoms with E-state index in [-0.39, 0.29) is 11.4 Å². The first-order chi connectivity index (χ1) is 19.8. The molecule has 3 N–H and O–H groups in total. The van der Waals surface area contributed by atoms with E-state index in [2.05, 4.69) is 20.2 Å². The van der Waals surface area contributed by atoms with Gasteiger partial charge in [-0.25, -0.2) is 23.5 Å². The van der Waals surface area contributed by atoms with Crippen molar-refractivity contribution in [2.24, 2.45) is 0 Å². The van der Waals surface area contributed by atoms with Crippen LogP contribution in [0.5, 0.6) is 5.75 Å². The summed E-state index contributed by atoms with van der Waals surface area (Å²) in [5.74, 6) is -1.95. The lowest BCUT2D eigenvalue weighted by Crippen LogP contribution is -2.46. The van der Waals surface area contributed by atoms with Crippen LogP contribution in [0.15, 0.2) is 36.8 Å². The van der Waals surface area contributed by atoms with E-state index in [1.54, 1.807) is 31.9 Å². The van der Waals surface area contributed by atoms with Gasteiger partial charge in [0.05, 0.1) is 36.0 Å². The lowest BCUT2D eigenvalue weighted by atomic mass is 9.83. The largest absolute Gasteiger partial charge is 0.495 e. The highest BCUT2D eigenvalue weighted by Crippen LogP contribution is 2.50. The number of nitrogens with two attached hydrogens (primary N) is 1. The van der Waals surface area contributed by atoms with Gasteiger partial charge in [0.25, 0.3) is 0 Å². The molecule has 0 saturated heterocycles. The molecule has 2 aromatic carbocycles. The summed E-state index contributed by atoms with van der Waals surface area (Å²) in [5.41, 5.74) is 8.51. The fourth-order valence-electron chi connectivity index (χ4n) is 5.09. The van der Waals surface area contributed by atoms with Crippen LogP contribution in [0.3, 0.4) is 0 Å². The number of nitrogens with zero attached hydrogens (tertiary/aromatic N) is 5. The maximum absolute atomic E-state index is 14.7. The average molecular weight is 584 g/mol. The summed E-state index contributed by atoms with van der Waals surface area (Å²) in [5, 5.41) is 3.49. The lowest BCUT2D eigenvalue weighted by molar-refractivity contribution is 0.0377. The molecule has 12 heteroatoms. The summed E-state index contributed by atoms with van der Waals surface area (Å²) in [6.45, 7) is 8.83. The summed E-state index contributed by atoms with van der Waals surface area (Å²) in [6.07, 6.45) is 1.56. The molecule has 10 nitrogen and oxygen atoms in total. The van der Waals surface area contributed by atoms with Gasteiger partial charge in [-0.1, -0.05) is 13.8 Å². The first kappa shape index (κ1) is 30.8. The Labute approximate surface area is 245 Å². The summed E-state index contributed by atoms with van der Waals surface area (Å²) < 4.78 is 40.5. The maximum Gasteiger partial charge on any atom is 0.343 e. The highest BCUT2D eigenvalue weighted by Gasteiger charge is 2.48. The van der Waals surface area contributed by atoms with Crippen LogP contribution in [0.1, 0.15) is 43.6 Å². The third-order valence-corrected chi connectivity index (χ3v) is 7.35. The number of halogens is 2. The molecule has 0 aliphatic carbocycles. The molecule has 42 heavy (non-hydrogen) atoms. The Bertz CT molecular complexity index is 1470. The molecule has 1 atom stereocenters. The monoisotopic (exact) mass is 583 g/mol. The SMILES string of the molecule is COc1cc(N(C)CCN(C)C)c(N)cc1NC1N(c2ncncc2C(=O)OC(C)C)c2cc(F)c(F)cc2C1(C)C. The van der Waals surface area contributed by atoms with E-state index in [1.807, 2.05) is 46.0 Å². The second kappa shape index (κ2) is 12.0. The van der Waals surface area contributed by atoms with Gasteiger partial charge in [-0.15, -0.1) is 0 Å². The minimum Gasteiger partial charge on any atom is -0.495 e. The molecule has 0 saturated carbocycles. The molecule has 0 fully saturated rings. The summed E-state index contributed by atoms with van der Waals surface area (Å²) in [6, 6.07) is 5.91. The summed E-state index contributed by atoms with van der Waals surface area (Å²) >= 11 is 0. The van der Waals surface area contributed by atoms with Crippen molar-refractivity contribution in [1.29, 1.82) is 0 Å². The van der Waals surface area contributed by atoms with Gasteiger partial charge < -0.3 is 35.2 Å². The third kappa shape index (κ3) is 5.89. The van der Waals surface area contributed by atoms with Gasteiger partial charge in [-0.05, 0) is 45.6 Å². The molecule has 1 aliphatic rings. The number of fused-ring (bicyclic) bond motifs is 1. The van der Waals surface area contributed by atoms with Crippen LogP contribution < -0.4 is 25.6 Å². The van der Waals surface area contributed by atoms with E-state index in [0.717, 1.165) is 24.8 Å². The van der Waals surface area contributed by atoms with Crippen molar-refractivity contribution in [2.45, 2.75) is 45.4 Å². The van der Waals surface area contributed by atoms with Crippen molar-refractivity contribution in [2.75, 3.05) is 62.2 Å². The Balaban J connectivity index is 1.85. The van der Waals surface area contributed by atoms with Crippen molar-refractivity contribution in [3.8, 4) is 5.75 Å². The van der Waals surface area contributed by atoms with Crippen molar-refractivity contribution < 1.29 is 23.0 Å². The Hall–Kier alpha value is -4.19. The summed E-state index contributed by atoms with van der Waals surface area (Å²) in [7, 11) is 7.51. The number of ether oxygens (including phenoxy) is 2. The molecule has 0 spiro atoms. The third-order valence-electron chi connectivity index (χ3n) is 7.35. The number of rotatable bonds is 10. The average Bonchev–Trinajstić information content (AvgIpc) is 3.12. The molecule has 0 amide bonds. The zero-order valence-corrected chi connectivity index (χ0v) is 25.3. The molecule has 1 aromatic heterocycles. The second-order valence-corrected chi connectivity index (χ2v) is 11.5. The number of methoxy groups -OCH3 is 1. The molecule has 1 unspecified atom stereocenters. The number of nitrogen functional groups attached to an aromatic ring is 1. The number of likely N-dealkylation sites (N-methyl/N-ethyl adjacent to an activating group) is 2. The molecule has 4 rings (SSSR count). The van der Waals surface area contributed by atoms with Crippen molar-refractivity contribution >= 4 is 34.5 Å². The predicted molar refractivity (Wildman–Crippen MR) is 161 cm³/mol. The zero-order valence-electron chi connectivity index (χ0n) is 25.3. The van der Waals surface area contributed by atoms with Crippen LogP contribution in [-0.2, 0) is 10.2 Å². The van der Waals surface area contributed by atoms with Crippen LogP contribution >= 0.6 is 0 Å². The first-order valence-corrected chi connectivity index (χ1v) is 13.7. The van der Waals surface area contributed by atoms with Gasteiger partial charge in [0.15, 0.2) is 17.5 Å².